The number of para-hydroxylation sites is 1. The number of methoxy groups -OCH3 is 1. The summed E-state index contributed by atoms with van der Waals surface area (Å²) in [6.45, 7) is 0.270. The lowest BCUT2D eigenvalue weighted by Gasteiger charge is -2.10. The Morgan fingerprint density at radius 1 is 1.00 bits per heavy atom. The minimum atomic E-state index is 0.270. The Bertz CT molecular complexity index is 829. The molecule has 0 unspecified atom stereocenters. The molecule has 0 atom stereocenters. The lowest BCUT2D eigenvalue weighted by atomic mass is 10.0. The molecule has 0 saturated heterocycles. The van der Waals surface area contributed by atoms with Gasteiger partial charge in [0, 0.05) is 10.9 Å². The van der Waals surface area contributed by atoms with Crippen molar-refractivity contribution in [3.05, 3.63) is 48.5 Å². The molecule has 4 nitrogen and oxygen atoms in total. The number of hydrogen-bond donors (Lipinski definition) is 0. The largest absolute Gasteiger partial charge is 0.481 e. The maximum Gasteiger partial charge on any atom is 0.231 e. The van der Waals surface area contributed by atoms with Crippen molar-refractivity contribution in [1.82, 2.24) is 4.98 Å². The number of pyridine rings is 1. The van der Waals surface area contributed by atoms with Gasteiger partial charge in [0.1, 0.15) is 0 Å². The van der Waals surface area contributed by atoms with Crippen molar-refractivity contribution in [1.29, 1.82) is 0 Å². The standard InChI is InChI=1S/C17H13NO3/c1-19-17-13(8-12-4-2-3-5-14(12)18-17)11-6-7-15-16(9-11)21-10-20-15/h2-9H,10H2,1H3. The van der Waals surface area contributed by atoms with Gasteiger partial charge in [0.15, 0.2) is 11.5 Å². The van der Waals surface area contributed by atoms with Crippen molar-refractivity contribution in [2.24, 2.45) is 0 Å². The van der Waals surface area contributed by atoms with E-state index in [9.17, 15) is 0 Å². The second-order valence-corrected chi connectivity index (χ2v) is 4.81. The summed E-state index contributed by atoms with van der Waals surface area (Å²) in [6, 6.07) is 15.9. The molecule has 0 N–H and O–H groups in total. The zero-order valence-corrected chi connectivity index (χ0v) is 11.5. The summed E-state index contributed by atoms with van der Waals surface area (Å²) >= 11 is 0. The third kappa shape index (κ3) is 1.96. The molecule has 4 rings (SSSR count). The predicted octanol–water partition coefficient (Wildman–Crippen LogP) is 3.64. The summed E-state index contributed by atoms with van der Waals surface area (Å²) < 4.78 is 16.2. The van der Waals surface area contributed by atoms with Gasteiger partial charge in [-0.05, 0) is 29.8 Å². The minimum Gasteiger partial charge on any atom is -0.481 e. The Kier molecular flexibility index (Phi) is 2.67. The highest BCUT2D eigenvalue weighted by Gasteiger charge is 2.16. The predicted molar refractivity (Wildman–Crippen MR) is 79.9 cm³/mol. The quantitative estimate of drug-likeness (QED) is 0.718. The number of aromatic nitrogens is 1. The summed E-state index contributed by atoms with van der Waals surface area (Å²) in [6.07, 6.45) is 0. The lowest BCUT2D eigenvalue weighted by molar-refractivity contribution is 0.174. The molecule has 0 spiro atoms. The molecule has 0 radical (unpaired) electrons. The van der Waals surface area contributed by atoms with Gasteiger partial charge >= 0.3 is 0 Å². The molecule has 2 heterocycles. The van der Waals surface area contributed by atoms with Crippen molar-refractivity contribution < 1.29 is 14.2 Å². The molecular weight excluding hydrogens is 266 g/mol. The van der Waals surface area contributed by atoms with Crippen molar-refractivity contribution in [3.8, 4) is 28.5 Å². The van der Waals surface area contributed by atoms with E-state index in [2.05, 4.69) is 11.1 Å². The third-order valence-corrected chi connectivity index (χ3v) is 3.57. The molecule has 0 bridgehead atoms. The fourth-order valence-corrected chi connectivity index (χ4v) is 2.52. The van der Waals surface area contributed by atoms with E-state index in [-0.39, 0.29) is 6.79 Å². The highest BCUT2D eigenvalue weighted by molar-refractivity contribution is 5.86. The Hall–Kier alpha value is -2.75. The molecule has 0 saturated carbocycles. The lowest BCUT2D eigenvalue weighted by Crippen LogP contribution is -1.93. The number of benzene rings is 2. The SMILES string of the molecule is COc1nc2ccccc2cc1-c1ccc2c(c1)OCO2. The van der Waals surface area contributed by atoms with E-state index in [0.717, 1.165) is 33.5 Å². The van der Waals surface area contributed by atoms with Crippen LogP contribution in [0, 0.1) is 0 Å². The average molecular weight is 279 g/mol. The van der Waals surface area contributed by atoms with Crippen molar-refractivity contribution in [3.63, 3.8) is 0 Å². The van der Waals surface area contributed by atoms with Crippen LogP contribution in [0.15, 0.2) is 48.5 Å². The molecule has 3 aromatic rings. The van der Waals surface area contributed by atoms with Gasteiger partial charge in [-0.3, -0.25) is 0 Å². The van der Waals surface area contributed by atoms with Crippen LogP contribution in [-0.4, -0.2) is 18.9 Å². The Balaban J connectivity index is 1.92. The molecule has 4 heteroatoms. The van der Waals surface area contributed by atoms with Gasteiger partial charge < -0.3 is 14.2 Å². The fourth-order valence-electron chi connectivity index (χ4n) is 2.52. The van der Waals surface area contributed by atoms with E-state index < -0.39 is 0 Å². The highest BCUT2D eigenvalue weighted by Crippen LogP contribution is 2.39. The summed E-state index contributed by atoms with van der Waals surface area (Å²) in [5, 5.41) is 1.07. The van der Waals surface area contributed by atoms with Crippen LogP contribution in [0.1, 0.15) is 0 Å². The Labute approximate surface area is 121 Å². The minimum absolute atomic E-state index is 0.270. The normalized spacial score (nSPS) is 12.6. The van der Waals surface area contributed by atoms with Gasteiger partial charge in [0.05, 0.1) is 12.6 Å². The number of rotatable bonds is 2. The topological polar surface area (TPSA) is 40.6 Å². The first-order valence-electron chi connectivity index (χ1n) is 6.69. The summed E-state index contributed by atoms with van der Waals surface area (Å²) in [5.74, 6) is 2.13. The van der Waals surface area contributed by atoms with Gasteiger partial charge in [-0.1, -0.05) is 24.3 Å². The van der Waals surface area contributed by atoms with Crippen LogP contribution >= 0.6 is 0 Å². The van der Waals surface area contributed by atoms with Gasteiger partial charge in [-0.25, -0.2) is 4.98 Å². The molecule has 21 heavy (non-hydrogen) atoms. The average Bonchev–Trinajstić information content (AvgIpc) is 3.01. The molecule has 1 aromatic heterocycles. The first kappa shape index (κ1) is 12.0. The second kappa shape index (κ2) is 4.66. The van der Waals surface area contributed by atoms with Gasteiger partial charge in [0.2, 0.25) is 12.7 Å². The zero-order valence-electron chi connectivity index (χ0n) is 11.5. The van der Waals surface area contributed by atoms with E-state index >= 15 is 0 Å². The Morgan fingerprint density at radius 2 is 1.86 bits per heavy atom. The molecule has 0 aliphatic carbocycles. The molecular formula is C17H13NO3. The summed E-state index contributed by atoms with van der Waals surface area (Å²) in [5.41, 5.74) is 2.85. The van der Waals surface area contributed by atoms with Crippen molar-refractivity contribution in [2.45, 2.75) is 0 Å². The maximum atomic E-state index is 5.44. The summed E-state index contributed by atoms with van der Waals surface area (Å²) in [7, 11) is 1.63. The molecule has 2 aromatic carbocycles. The van der Waals surface area contributed by atoms with Gasteiger partial charge in [-0.15, -0.1) is 0 Å². The van der Waals surface area contributed by atoms with E-state index in [1.54, 1.807) is 7.11 Å². The van der Waals surface area contributed by atoms with Crippen LogP contribution in [0.25, 0.3) is 22.0 Å². The molecule has 1 aliphatic rings. The Morgan fingerprint density at radius 3 is 2.76 bits per heavy atom. The van der Waals surface area contributed by atoms with Gasteiger partial charge in [0.25, 0.3) is 0 Å². The van der Waals surface area contributed by atoms with Crippen LogP contribution in [0.3, 0.4) is 0 Å². The molecule has 0 fully saturated rings. The van der Waals surface area contributed by atoms with Crippen LogP contribution in [0.2, 0.25) is 0 Å². The number of ether oxygens (including phenoxy) is 3. The first-order chi connectivity index (χ1) is 10.3. The van der Waals surface area contributed by atoms with E-state index in [1.807, 2.05) is 42.5 Å². The van der Waals surface area contributed by atoms with E-state index in [0.29, 0.717) is 5.88 Å². The molecule has 0 amide bonds. The zero-order chi connectivity index (χ0) is 14.2. The molecule has 104 valence electrons. The van der Waals surface area contributed by atoms with Crippen molar-refractivity contribution >= 4 is 10.9 Å². The van der Waals surface area contributed by atoms with Crippen LogP contribution in [0.4, 0.5) is 0 Å². The van der Waals surface area contributed by atoms with Crippen molar-refractivity contribution in [2.75, 3.05) is 13.9 Å². The fraction of sp³-hybridized carbons (Fsp3) is 0.118. The number of hydrogen-bond acceptors (Lipinski definition) is 4. The smallest absolute Gasteiger partial charge is 0.231 e. The van der Waals surface area contributed by atoms with E-state index in [1.165, 1.54) is 0 Å². The summed E-state index contributed by atoms with van der Waals surface area (Å²) in [4.78, 5) is 4.57. The second-order valence-electron chi connectivity index (χ2n) is 4.81. The number of fused-ring (bicyclic) bond motifs is 2. The number of nitrogens with zero attached hydrogens (tertiary/aromatic N) is 1. The third-order valence-electron chi connectivity index (χ3n) is 3.57. The maximum absolute atomic E-state index is 5.44. The first-order valence-corrected chi connectivity index (χ1v) is 6.69. The van der Waals surface area contributed by atoms with Crippen LogP contribution < -0.4 is 14.2 Å². The van der Waals surface area contributed by atoms with Crippen LogP contribution in [-0.2, 0) is 0 Å². The van der Waals surface area contributed by atoms with Gasteiger partial charge in [-0.2, -0.15) is 0 Å². The monoisotopic (exact) mass is 279 g/mol. The van der Waals surface area contributed by atoms with Crippen LogP contribution in [0.5, 0.6) is 17.4 Å². The highest BCUT2D eigenvalue weighted by atomic mass is 16.7. The van der Waals surface area contributed by atoms with E-state index in [4.69, 9.17) is 14.2 Å². The molecule has 1 aliphatic heterocycles.